The molecule has 2 aromatic heterocycles. The number of carbonyl (C=O) groups excluding carboxylic acids is 1. The number of rotatable bonds is 3. The Bertz CT molecular complexity index is 779. The van der Waals surface area contributed by atoms with Gasteiger partial charge in [-0.3, -0.25) is 4.79 Å². The Hall–Kier alpha value is -1.90. The number of ether oxygens (including phenoxy) is 1. The van der Waals surface area contributed by atoms with Gasteiger partial charge in [-0.1, -0.05) is 0 Å². The van der Waals surface area contributed by atoms with Crippen LogP contribution in [0.1, 0.15) is 30.9 Å². The number of aromatic nitrogens is 3. The fourth-order valence-corrected chi connectivity index (χ4v) is 3.66. The van der Waals surface area contributed by atoms with E-state index in [1.165, 1.54) is 23.9 Å². The third-order valence-corrected chi connectivity index (χ3v) is 4.93. The van der Waals surface area contributed by atoms with Crippen LogP contribution in [0.3, 0.4) is 0 Å². The second-order valence-corrected chi connectivity index (χ2v) is 6.83. The Morgan fingerprint density at radius 3 is 2.84 bits per heavy atom. The molecule has 0 spiro atoms. The lowest BCUT2D eigenvalue weighted by molar-refractivity contribution is -0.151. The largest absolute Gasteiger partial charge is 0.469 e. The van der Waals surface area contributed by atoms with E-state index >= 15 is 0 Å². The molecule has 25 heavy (non-hydrogen) atoms. The summed E-state index contributed by atoms with van der Waals surface area (Å²) in [5.74, 6) is -5.02. The Balaban J connectivity index is 1.97. The molecule has 5 nitrogen and oxygen atoms in total. The SMILES string of the molecule is COC(=O)C1CCC(F)(F)CC1c1nn(-c2ccc(F)cn2)cc1Br. The maximum absolute atomic E-state index is 13.9. The summed E-state index contributed by atoms with van der Waals surface area (Å²) in [4.78, 5) is 15.9. The van der Waals surface area contributed by atoms with Crippen LogP contribution in [0.4, 0.5) is 13.2 Å². The summed E-state index contributed by atoms with van der Waals surface area (Å²) in [6.45, 7) is 0. The second kappa shape index (κ2) is 6.78. The monoisotopic (exact) mass is 417 g/mol. The summed E-state index contributed by atoms with van der Waals surface area (Å²) in [5.41, 5.74) is 0.334. The molecule has 0 radical (unpaired) electrons. The first-order valence-electron chi connectivity index (χ1n) is 7.63. The van der Waals surface area contributed by atoms with Gasteiger partial charge >= 0.3 is 5.97 Å². The van der Waals surface area contributed by atoms with Crippen molar-refractivity contribution >= 4 is 21.9 Å². The lowest BCUT2D eigenvalue weighted by Gasteiger charge is -2.33. The fourth-order valence-electron chi connectivity index (χ4n) is 3.09. The molecule has 1 aliphatic rings. The van der Waals surface area contributed by atoms with Crippen molar-refractivity contribution in [2.45, 2.75) is 31.1 Å². The topological polar surface area (TPSA) is 57.0 Å². The standard InChI is InChI=1S/C16H15BrF3N3O2/c1-25-15(24)10-4-5-16(19,20)6-11(10)14-12(17)8-23(22-14)13-3-2-9(18)7-21-13/h2-3,7-8,10-11H,4-6H2,1H3. The Labute approximate surface area is 150 Å². The number of hydrogen-bond acceptors (Lipinski definition) is 4. The maximum Gasteiger partial charge on any atom is 0.309 e. The van der Waals surface area contributed by atoms with Gasteiger partial charge in [0.2, 0.25) is 5.92 Å². The van der Waals surface area contributed by atoms with Crippen LogP contribution in [0, 0.1) is 11.7 Å². The third-order valence-electron chi connectivity index (χ3n) is 4.32. The zero-order chi connectivity index (χ0) is 18.2. The second-order valence-electron chi connectivity index (χ2n) is 5.98. The van der Waals surface area contributed by atoms with Crippen molar-refractivity contribution in [2.24, 2.45) is 5.92 Å². The lowest BCUT2D eigenvalue weighted by atomic mass is 9.75. The quantitative estimate of drug-likeness (QED) is 0.711. The van der Waals surface area contributed by atoms with Crippen molar-refractivity contribution in [3.63, 3.8) is 0 Å². The van der Waals surface area contributed by atoms with Gasteiger partial charge < -0.3 is 4.74 Å². The molecule has 1 aliphatic carbocycles. The summed E-state index contributed by atoms with van der Waals surface area (Å²) in [6.07, 6.45) is 1.77. The van der Waals surface area contributed by atoms with Crippen molar-refractivity contribution in [2.75, 3.05) is 7.11 Å². The molecule has 9 heteroatoms. The van der Waals surface area contributed by atoms with E-state index in [4.69, 9.17) is 4.74 Å². The molecular formula is C16H15BrF3N3O2. The van der Waals surface area contributed by atoms with E-state index in [2.05, 4.69) is 26.0 Å². The van der Waals surface area contributed by atoms with Crippen LogP contribution in [-0.4, -0.2) is 33.8 Å². The Morgan fingerprint density at radius 2 is 2.20 bits per heavy atom. The number of hydrogen-bond donors (Lipinski definition) is 0. The van der Waals surface area contributed by atoms with E-state index in [-0.39, 0.29) is 12.8 Å². The molecule has 2 aromatic rings. The predicted molar refractivity (Wildman–Crippen MR) is 86.1 cm³/mol. The summed E-state index contributed by atoms with van der Waals surface area (Å²) in [6, 6.07) is 2.65. The minimum atomic E-state index is -2.87. The molecule has 134 valence electrons. The van der Waals surface area contributed by atoms with Crippen LogP contribution in [-0.2, 0) is 9.53 Å². The summed E-state index contributed by atoms with van der Waals surface area (Å²) in [5, 5.41) is 4.31. The number of carbonyl (C=O) groups is 1. The maximum atomic E-state index is 13.9. The normalized spacial score (nSPS) is 22.6. The van der Waals surface area contributed by atoms with Crippen molar-refractivity contribution in [3.8, 4) is 5.82 Å². The van der Waals surface area contributed by atoms with Gasteiger partial charge in [-0.25, -0.2) is 22.8 Å². The van der Waals surface area contributed by atoms with Gasteiger partial charge in [0.15, 0.2) is 5.82 Å². The molecule has 0 bridgehead atoms. The van der Waals surface area contributed by atoms with Gasteiger partial charge in [-0.2, -0.15) is 5.10 Å². The highest BCUT2D eigenvalue weighted by Gasteiger charge is 2.46. The van der Waals surface area contributed by atoms with Crippen molar-refractivity contribution in [1.82, 2.24) is 14.8 Å². The van der Waals surface area contributed by atoms with Crippen molar-refractivity contribution < 1.29 is 22.7 Å². The molecule has 2 unspecified atom stereocenters. The molecule has 3 rings (SSSR count). The first-order valence-corrected chi connectivity index (χ1v) is 8.42. The predicted octanol–water partition coefficient (Wildman–Crippen LogP) is 3.86. The molecule has 2 atom stereocenters. The van der Waals surface area contributed by atoms with E-state index in [9.17, 15) is 18.0 Å². The van der Waals surface area contributed by atoms with E-state index in [0.717, 1.165) is 6.20 Å². The first kappa shape index (κ1) is 17.9. The van der Waals surface area contributed by atoms with Gasteiger partial charge in [0.25, 0.3) is 0 Å². The zero-order valence-corrected chi connectivity index (χ0v) is 14.8. The minimum absolute atomic E-state index is 0.0262. The molecule has 0 aliphatic heterocycles. The van der Waals surface area contributed by atoms with Crippen LogP contribution in [0.25, 0.3) is 5.82 Å². The van der Waals surface area contributed by atoms with Crippen LogP contribution in [0.2, 0.25) is 0 Å². The molecule has 0 saturated heterocycles. The minimum Gasteiger partial charge on any atom is -0.469 e. The number of nitrogens with zero attached hydrogens (tertiary/aromatic N) is 3. The van der Waals surface area contributed by atoms with Crippen LogP contribution in [0.5, 0.6) is 0 Å². The molecule has 2 heterocycles. The van der Waals surface area contributed by atoms with Gasteiger partial charge in [-0.05, 0) is 34.5 Å². The highest BCUT2D eigenvalue weighted by atomic mass is 79.9. The first-order chi connectivity index (χ1) is 11.8. The number of alkyl halides is 2. The molecule has 0 amide bonds. The van der Waals surface area contributed by atoms with Gasteiger partial charge in [0, 0.05) is 25.0 Å². The molecule has 0 aromatic carbocycles. The van der Waals surface area contributed by atoms with Crippen LogP contribution < -0.4 is 0 Å². The van der Waals surface area contributed by atoms with Crippen LogP contribution in [0.15, 0.2) is 29.0 Å². The molecular weight excluding hydrogens is 403 g/mol. The smallest absolute Gasteiger partial charge is 0.309 e. The van der Waals surface area contributed by atoms with Crippen molar-refractivity contribution in [1.29, 1.82) is 0 Å². The van der Waals surface area contributed by atoms with Crippen LogP contribution >= 0.6 is 15.9 Å². The summed E-state index contributed by atoms with van der Waals surface area (Å²) >= 11 is 3.32. The molecule has 0 N–H and O–H groups in total. The molecule has 1 fully saturated rings. The average molecular weight is 418 g/mol. The fraction of sp³-hybridized carbons (Fsp3) is 0.438. The number of esters is 1. The highest BCUT2D eigenvalue weighted by molar-refractivity contribution is 9.10. The van der Waals surface area contributed by atoms with E-state index in [1.54, 1.807) is 6.20 Å². The summed E-state index contributed by atoms with van der Waals surface area (Å²) < 4.78 is 47.5. The number of halogens is 4. The highest BCUT2D eigenvalue weighted by Crippen LogP contribution is 2.46. The van der Waals surface area contributed by atoms with E-state index < -0.39 is 36.0 Å². The Morgan fingerprint density at radius 1 is 1.44 bits per heavy atom. The van der Waals surface area contributed by atoms with Gasteiger partial charge in [-0.15, -0.1) is 0 Å². The van der Waals surface area contributed by atoms with E-state index in [0.29, 0.717) is 16.0 Å². The zero-order valence-electron chi connectivity index (χ0n) is 13.3. The third kappa shape index (κ3) is 3.70. The number of methoxy groups -OCH3 is 1. The number of pyridine rings is 1. The van der Waals surface area contributed by atoms with Crippen molar-refractivity contribution in [3.05, 3.63) is 40.5 Å². The summed E-state index contributed by atoms with van der Waals surface area (Å²) in [7, 11) is 1.24. The molecule has 1 saturated carbocycles. The lowest BCUT2D eigenvalue weighted by Crippen LogP contribution is -2.36. The average Bonchev–Trinajstić information content (AvgIpc) is 2.95. The van der Waals surface area contributed by atoms with Gasteiger partial charge in [0.05, 0.1) is 29.4 Å². The van der Waals surface area contributed by atoms with E-state index in [1.807, 2.05) is 0 Å². The van der Waals surface area contributed by atoms with Gasteiger partial charge in [0.1, 0.15) is 5.82 Å². The Kier molecular flexibility index (Phi) is 4.86.